The summed E-state index contributed by atoms with van der Waals surface area (Å²) in [5, 5.41) is 2.90. The van der Waals surface area contributed by atoms with Gasteiger partial charge in [-0.3, -0.25) is 5.32 Å². The van der Waals surface area contributed by atoms with Crippen molar-refractivity contribution in [1.29, 1.82) is 0 Å². The van der Waals surface area contributed by atoms with Gasteiger partial charge in [0.15, 0.2) is 22.0 Å². The fourth-order valence-electron chi connectivity index (χ4n) is 2.71. The van der Waals surface area contributed by atoms with E-state index in [1.165, 1.54) is 6.20 Å². The molecule has 0 saturated carbocycles. The predicted octanol–water partition coefficient (Wildman–Crippen LogP) is 1.93. The van der Waals surface area contributed by atoms with Crippen molar-refractivity contribution in [3.05, 3.63) is 30.3 Å². The summed E-state index contributed by atoms with van der Waals surface area (Å²) >= 11 is 0. The molecule has 0 aromatic carbocycles. The third-order valence-electron chi connectivity index (χ3n) is 3.97. The van der Waals surface area contributed by atoms with E-state index < -0.39 is 21.6 Å². The van der Waals surface area contributed by atoms with Gasteiger partial charge >= 0.3 is 6.18 Å². The van der Waals surface area contributed by atoms with Crippen molar-refractivity contribution >= 4 is 15.7 Å². The number of anilines is 1. The van der Waals surface area contributed by atoms with Crippen LogP contribution in [0, 0.1) is 0 Å². The van der Waals surface area contributed by atoms with E-state index in [4.69, 9.17) is 4.42 Å². The zero-order valence-corrected chi connectivity index (χ0v) is 14.6. The van der Waals surface area contributed by atoms with Crippen molar-refractivity contribution in [3.8, 4) is 11.5 Å². The zero-order chi connectivity index (χ0) is 18.9. The average molecular weight is 390 g/mol. The summed E-state index contributed by atoms with van der Waals surface area (Å²) in [7, 11) is -3.17. The molecular weight excluding hydrogens is 373 g/mol. The number of nitrogens with zero attached hydrogens (tertiary/aromatic N) is 3. The Kier molecular flexibility index (Phi) is 4.93. The first-order valence-corrected chi connectivity index (χ1v) is 9.82. The smallest absolute Gasteiger partial charge is 0.416 e. The fraction of sp³-hybridized carbons (Fsp3) is 0.467. The lowest BCUT2D eigenvalue weighted by molar-refractivity contribution is -0.137. The molecule has 1 N–H and O–H groups in total. The fourth-order valence-corrected chi connectivity index (χ4v) is 3.25. The van der Waals surface area contributed by atoms with E-state index in [9.17, 15) is 21.6 Å². The minimum atomic E-state index is -4.53. The van der Waals surface area contributed by atoms with E-state index in [2.05, 4.69) is 15.3 Å². The standard InChI is InChI=1S/C15H17F3N4O3S/c1-26(23,24)9-20-11-2-3-22(7-11)14-5-10(15(16,17)18)4-12(21-14)13-6-19-8-25-13/h4-6,8,11,20H,2-3,7,9H2,1H3. The van der Waals surface area contributed by atoms with Crippen LogP contribution in [-0.4, -0.2) is 49.6 Å². The molecule has 0 spiro atoms. The molecule has 1 aliphatic rings. The Balaban J connectivity index is 1.84. The second-order valence-corrected chi connectivity index (χ2v) is 8.31. The van der Waals surface area contributed by atoms with Gasteiger partial charge in [-0.15, -0.1) is 0 Å². The number of halogens is 3. The molecule has 1 atom stereocenters. The van der Waals surface area contributed by atoms with Gasteiger partial charge < -0.3 is 9.32 Å². The van der Waals surface area contributed by atoms with Crippen molar-refractivity contribution in [1.82, 2.24) is 15.3 Å². The van der Waals surface area contributed by atoms with Crippen molar-refractivity contribution in [2.75, 3.05) is 30.1 Å². The average Bonchev–Trinajstić information content (AvgIpc) is 3.23. The summed E-state index contributed by atoms with van der Waals surface area (Å²) in [4.78, 5) is 9.66. The van der Waals surface area contributed by atoms with Gasteiger partial charge in [-0.1, -0.05) is 0 Å². The quantitative estimate of drug-likeness (QED) is 0.834. The topological polar surface area (TPSA) is 88.3 Å². The Morgan fingerprint density at radius 2 is 2.15 bits per heavy atom. The largest absolute Gasteiger partial charge is 0.442 e. The first-order chi connectivity index (χ1) is 12.1. The number of nitrogens with one attached hydrogen (secondary N) is 1. The molecule has 26 heavy (non-hydrogen) atoms. The highest BCUT2D eigenvalue weighted by Crippen LogP contribution is 2.34. The van der Waals surface area contributed by atoms with Crippen LogP contribution in [0.1, 0.15) is 12.0 Å². The second kappa shape index (κ2) is 6.88. The number of hydrogen-bond donors (Lipinski definition) is 1. The lowest BCUT2D eigenvalue weighted by Gasteiger charge is -2.20. The van der Waals surface area contributed by atoms with Gasteiger partial charge in [-0.25, -0.2) is 18.4 Å². The third-order valence-corrected chi connectivity index (χ3v) is 4.66. The summed E-state index contributed by atoms with van der Waals surface area (Å²) < 4.78 is 67.2. The number of pyridine rings is 1. The van der Waals surface area contributed by atoms with E-state index in [-0.39, 0.29) is 29.2 Å². The van der Waals surface area contributed by atoms with Crippen LogP contribution in [-0.2, 0) is 16.0 Å². The lowest BCUT2D eigenvalue weighted by atomic mass is 10.2. The Hall–Kier alpha value is -2.14. The molecule has 1 fully saturated rings. The maximum absolute atomic E-state index is 13.2. The molecule has 1 unspecified atom stereocenters. The summed E-state index contributed by atoms with van der Waals surface area (Å²) in [6.07, 6.45) is -0.388. The normalized spacial score (nSPS) is 18.5. The van der Waals surface area contributed by atoms with Crippen molar-refractivity contribution in [2.45, 2.75) is 18.6 Å². The van der Waals surface area contributed by atoms with Crippen LogP contribution in [0.3, 0.4) is 0 Å². The molecule has 0 amide bonds. The van der Waals surface area contributed by atoms with Crippen molar-refractivity contribution in [3.63, 3.8) is 0 Å². The monoisotopic (exact) mass is 390 g/mol. The zero-order valence-electron chi connectivity index (χ0n) is 13.8. The molecule has 11 heteroatoms. The molecule has 2 aromatic heterocycles. The Morgan fingerprint density at radius 3 is 2.77 bits per heavy atom. The molecule has 1 saturated heterocycles. The molecule has 142 valence electrons. The second-order valence-electron chi connectivity index (χ2n) is 6.17. The molecule has 3 rings (SSSR count). The lowest BCUT2D eigenvalue weighted by Crippen LogP contribution is -2.36. The highest BCUT2D eigenvalue weighted by molar-refractivity contribution is 7.90. The van der Waals surface area contributed by atoms with E-state index in [1.807, 2.05) is 0 Å². The van der Waals surface area contributed by atoms with Crippen LogP contribution < -0.4 is 10.2 Å². The third kappa shape index (κ3) is 4.52. The Labute approximate surface area is 148 Å². The molecule has 0 aliphatic carbocycles. The minimum Gasteiger partial charge on any atom is -0.442 e. The predicted molar refractivity (Wildman–Crippen MR) is 88.2 cm³/mol. The maximum atomic E-state index is 13.2. The van der Waals surface area contributed by atoms with Crippen molar-refractivity contribution < 1.29 is 26.0 Å². The van der Waals surface area contributed by atoms with Crippen LogP contribution in [0.15, 0.2) is 29.1 Å². The van der Waals surface area contributed by atoms with Gasteiger partial charge in [0.05, 0.1) is 17.6 Å². The number of alkyl halides is 3. The van der Waals surface area contributed by atoms with E-state index >= 15 is 0 Å². The van der Waals surface area contributed by atoms with Crippen LogP contribution in [0.4, 0.5) is 19.0 Å². The molecule has 3 heterocycles. The summed E-state index contributed by atoms with van der Waals surface area (Å²) in [5.41, 5.74) is -0.790. The number of sulfone groups is 1. The number of hydrogen-bond acceptors (Lipinski definition) is 7. The number of oxazole rings is 1. The number of rotatable bonds is 5. The molecule has 0 bridgehead atoms. The highest BCUT2D eigenvalue weighted by Gasteiger charge is 2.33. The van der Waals surface area contributed by atoms with Gasteiger partial charge in [0.2, 0.25) is 0 Å². The minimum absolute atomic E-state index is 0.0415. The van der Waals surface area contributed by atoms with Crippen molar-refractivity contribution in [2.24, 2.45) is 0 Å². The molecular formula is C15H17F3N4O3S. The highest BCUT2D eigenvalue weighted by atomic mass is 32.2. The first-order valence-electron chi connectivity index (χ1n) is 7.76. The van der Waals surface area contributed by atoms with Crippen LogP contribution in [0.5, 0.6) is 0 Å². The number of aromatic nitrogens is 2. The molecule has 2 aromatic rings. The van der Waals surface area contributed by atoms with Crippen LogP contribution >= 0.6 is 0 Å². The van der Waals surface area contributed by atoms with E-state index in [1.54, 1.807) is 4.90 Å². The van der Waals surface area contributed by atoms with Crippen LogP contribution in [0.25, 0.3) is 11.5 Å². The molecule has 1 aliphatic heterocycles. The maximum Gasteiger partial charge on any atom is 0.416 e. The SMILES string of the molecule is CS(=O)(=O)CNC1CCN(c2cc(C(F)(F)F)cc(-c3cnco3)n2)C1. The molecule has 7 nitrogen and oxygen atoms in total. The Bertz CT molecular complexity index is 869. The summed E-state index contributed by atoms with van der Waals surface area (Å²) in [6.45, 7) is 0.825. The molecule has 0 radical (unpaired) electrons. The summed E-state index contributed by atoms with van der Waals surface area (Å²) in [6, 6.07) is 1.76. The van der Waals surface area contributed by atoms with E-state index in [0.29, 0.717) is 19.5 Å². The van der Waals surface area contributed by atoms with Gasteiger partial charge in [0, 0.05) is 25.4 Å². The van der Waals surface area contributed by atoms with Gasteiger partial charge in [-0.2, -0.15) is 13.2 Å². The van der Waals surface area contributed by atoms with Crippen LogP contribution in [0.2, 0.25) is 0 Å². The Morgan fingerprint density at radius 1 is 1.38 bits per heavy atom. The van der Waals surface area contributed by atoms with Gasteiger partial charge in [0.25, 0.3) is 0 Å². The first kappa shape index (κ1) is 18.6. The van der Waals surface area contributed by atoms with Gasteiger partial charge in [0.1, 0.15) is 11.5 Å². The van der Waals surface area contributed by atoms with Gasteiger partial charge in [-0.05, 0) is 18.6 Å². The van der Waals surface area contributed by atoms with E-state index in [0.717, 1.165) is 24.8 Å². The summed E-state index contributed by atoms with van der Waals surface area (Å²) in [5.74, 6) is 0.128.